The highest BCUT2D eigenvalue weighted by molar-refractivity contribution is 9.10. The zero-order chi connectivity index (χ0) is 36.5. The average molecular weight is 759 g/mol. The molecule has 1 saturated heterocycles. The van der Waals surface area contributed by atoms with Crippen molar-refractivity contribution < 1.29 is 38.9 Å². The molecule has 4 aromatic carbocycles. The fraction of sp³-hybridized carbons (Fsp3) is 0.214. The number of hydrogen-bond donors (Lipinski definition) is 2. The largest absolute Gasteiger partial charge is 0.503 e. The quantitative estimate of drug-likeness (QED) is 0.160. The summed E-state index contributed by atoms with van der Waals surface area (Å²) in [6.45, 7) is 0. The van der Waals surface area contributed by atoms with Crippen molar-refractivity contribution in [3.8, 4) is 11.5 Å². The molecule has 1 heterocycles. The molecule has 10 heteroatoms. The Morgan fingerprint density at radius 3 is 2.29 bits per heavy atom. The lowest BCUT2D eigenvalue weighted by atomic mass is 9.44. The zero-order valence-electron chi connectivity index (χ0n) is 27.9. The maximum Gasteiger partial charge on any atom is 0.335 e. The number of carbonyl (C=O) groups is 5. The molecule has 8 rings (SSSR count). The third-order valence-corrected chi connectivity index (χ3v) is 11.9. The van der Waals surface area contributed by atoms with Gasteiger partial charge in [0.05, 0.1) is 40.1 Å². The van der Waals surface area contributed by atoms with E-state index in [-0.39, 0.29) is 52.7 Å². The van der Waals surface area contributed by atoms with Crippen molar-refractivity contribution in [1.82, 2.24) is 0 Å². The normalized spacial score (nSPS) is 26.6. The zero-order valence-corrected chi connectivity index (χ0v) is 29.4. The number of carbonyl (C=O) groups excluding carboxylic acids is 4. The van der Waals surface area contributed by atoms with Crippen LogP contribution in [0.3, 0.4) is 0 Å². The molecule has 6 atom stereocenters. The number of phenols is 1. The molecule has 1 aliphatic heterocycles. The van der Waals surface area contributed by atoms with Gasteiger partial charge < -0.3 is 14.9 Å². The number of nitrogens with zero attached hydrogens (tertiary/aromatic N) is 1. The van der Waals surface area contributed by atoms with Gasteiger partial charge in [0.15, 0.2) is 23.1 Å². The minimum absolute atomic E-state index is 0.0597. The van der Waals surface area contributed by atoms with E-state index in [2.05, 4.69) is 15.9 Å². The Balaban J connectivity index is 1.37. The predicted molar refractivity (Wildman–Crippen MR) is 195 cm³/mol. The van der Waals surface area contributed by atoms with E-state index in [4.69, 9.17) is 4.74 Å². The van der Waals surface area contributed by atoms with Crippen molar-refractivity contribution in [2.24, 2.45) is 23.7 Å². The molecule has 1 saturated carbocycles. The monoisotopic (exact) mass is 757 g/mol. The van der Waals surface area contributed by atoms with Gasteiger partial charge in [-0.05, 0) is 87.8 Å². The van der Waals surface area contributed by atoms with Crippen LogP contribution in [0, 0.1) is 23.7 Å². The number of benzene rings is 4. The van der Waals surface area contributed by atoms with Crippen LogP contribution in [0.15, 0.2) is 119 Å². The topological polar surface area (TPSA) is 138 Å². The second-order valence-corrected chi connectivity index (χ2v) is 14.6. The van der Waals surface area contributed by atoms with Crippen molar-refractivity contribution in [2.45, 2.75) is 24.2 Å². The van der Waals surface area contributed by atoms with Crippen molar-refractivity contribution in [1.29, 1.82) is 0 Å². The lowest BCUT2D eigenvalue weighted by molar-refractivity contribution is -0.135. The lowest BCUT2D eigenvalue weighted by Gasteiger charge is -2.55. The van der Waals surface area contributed by atoms with E-state index in [1.165, 1.54) is 31.4 Å². The second-order valence-electron chi connectivity index (χ2n) is 13.7. The molecule has 9 nitrogen and oxygen atoms in total. The Labute approximate surface area is 307 Å². The summed E-state index contributed by atoms with van der Waals surface area (Å²) in [6, 6.07) is 27.4. The number of aromatic carboxylic acids is 1. The minimum atomic E-state index is -1.45. The Kier molecular flexibility index (Phi) is 8.10. The van der Waals surface area contributed by atoms with Gasteiger partial charge in [0, 0.05) is 17.4 Å². The summed E-state index contributed by atoms with van der Waals surface area (Å²) < 4.78 is 5.89. The third-order valence-electron chi connectivity index (χ3n) is 11.3. The highest BCUT2D eigenvalue weighted by Crippen LogP contribution is 2.64. The molecule has 52 heavy (non-hydrogen) atoms. The average Bonchev–Trinajstić information content (AvgIpc) is 3.42. The first kappa shape index (κ1) is 33.5. The smallest absolute Gasteiger partial charge is 0.335 e. The van der Waals surface area contributed by atoms with E-state index in [1.54, 1.807) is 42.5 Å². The van der Waals surface area contributed by atoms with E-state index >= 15 is 9.59 Å². The number of aromatic hydroxyl groups is 1. The molecule has 2 N–H and O–H groups in total. The van der Waals surface area contributed by atoms with Gasteiger partial charge in [-0.15, -0.1) is 0 Å². The number of ether oxygens (including phenoxy) is 1. The van der Waals surface area contributed by atoms with E-state index in [0.29, 0.717) is 21.2 Å². The molecule has 0 unspecified atom stereocenters. The SMILES string of the molecule is COc1cc([C@H]2C3=CC[C@@H]4C(=O)N(c5cccc(C(=O)O)c5)C(=O)[C@@H]4[C@@H]3C[C@H]3C(=O)C(c4ccccc4)=CC(=O)[C@@]23c2ccccc2)cc(Br)c1O. The summed E-state index contributed by atoms with van der Waals surface area (Å²) >= 11 is 3.47. The molecular formula is C42H32BrNO8. The van der Waals surface area contributed by atoms with Crippen molar-refractivity contribution in [3.05, 3.63) is 142 Å². The number of ketones is 2. The maximum absolute atomic E-state index is 15.2. The van der Waals surface area contributed by atoms with Crippen molar-refractivity contribution >= 4 is 56.5 Å². The number of phenolic OH excluding ortho intramolecular Hbond substituents is 1. The third kappa shape index (κ3) is 4.84. The fourth-order valence-corrected chi connectivity index (χ4v) is 9.66. The summed E-state index contributed by atoms with van der Waals surface area (Å²) in [5.41, 5.74) is 1.52. The van der Waals surface area contributed by atoms with Gasteiger partial charge in [-0.3, -0.25) is 24.1 Å². The summed E-state index contributed by atoms with van der Waals surface area (Å²) in [5.74, 6) is -6.57. The number of carboxylic acids is 1. The van der Waals surface area contributed by atoms with Gasteiger partial charge in [0.25, 0.3) is 0 Å². The van der Waals surface area contributed by atoms with Crippen LogP contribution in [0.2, 0.25) is 0 Å². The molecular weight excluding hydrogens is 726 g/mol. The fourth-order valence-electron chi connectivity index (χ4n) is 9.20. The summed E-state index contributed by atoms with van der Waals surface area (Å²) in [7, 11) is 1.43. The van der Waals surface area contributed by atoms with Crippen LogP contribution in [0.1, 0.15) is 45.8 Å². The standard InChI is InChI=1S/C42H32BrNO8/c1-52-33-19-24(18-32(43)38(33)47)36-27-15-16-28-35(40(49)44(39(28)48)26-14-8-11-23(17-26)41(50)51)30(27)20-31-37(46)29(22-9-4-2-5-10-22)21-34(45)42(31,36)25-12-6-3-7-13-25/h2-15,17-19,21,28,30-31,35-36,47H,16,20H2,1H3,(H,50,51)/t28-,30+,31-,35-,36-,42-/m0/s1. The Morgan fingerprint density at radius 1 is 0.885 bits per heavy atom. The first-order valence-corrected chi connectivity index (χ1v) is 17.8. The van der Waals surface area contributed by atoms with Gasteiger partial charge >= 0.3 is 5.97 Å². The van der Waals surface area contributed by atoms with Crippen LogP contribution in [-0.4, -0.2) is 46.7 Å². The number of rotatable bonds is 6. The minimum Gasteiger partial charge on any atom is -0.503 e. The molecule has 2 amide bonds. The number of amides is 2. The molecule has 0 bridgehead atoms. The maximum atomic E-state index is 15.2. The second kappa shape index (κ2) is 12.6. The van der Waals surface area contributed by atoms with E-state index in [0.717, 1.165) is 10.5 Å². The first-order chi connectivity index (χ1) is 25.1. The van der Waals surface area contributed by atoms with Crippen molar-refractivity contribution in [3.63, 3.8) is 0 Å². The number of Topliss-reactive ketones (excluding diaryl/α,β-unsaturated/α-hetero) is 1. The molecule has 3 aliphatic carbocycles. The number of anilines is 1. The Bertz CT molecular complexity index is 2260. The molecule has 0 radical (unpaired) electrons. The van der Waals surface area contributed by atoms with Crippen LogP contribution >= 0.6 is 15.9 Å². The predicted octanol–water partition coefficient (Wildman–Crippen LogP) is 6.89. The highest BCUT2D eigenvalue weighted by Gasteiger charge is 2.66. The van der Waals surface area contributed by atoms with Crippen LogP contribution in [0.25, 0.3) is 5.57 Å². The molecule has 0 spiro atoms. The number of hydrogen-bond acceptors (Lipinski definition) is 7. The van der Waals surface area contributed by atoms with Gasteiger partial charge in [0.1, 0.15) is 0 Å². The van der Waals surface area contributed by atoms with E-state index in [9.17, 15) is 24.6 Å². The van der Waals surface area contributed by atoms with Crippen LogP contribution in [-0.2, 0) is 24.6 Å². The van der Waals surface area contributed by atoms with Gasteiger partial charge in [-0.1, -0.05) is 78.4 Å². The Hall–Kier alpha value is -5.61. The number of carboxylic acid groups (broad SMARTS) is 1. The number of methoxy groups -OCH3 is 1. The summed E-state index contributed by atoms with van der Waals surface area (Å²) in [6.07, 6.45) is 3.72. The van der Waals surface area contributed by atoms with Crippen molar-refractivity contribution in [2.75, 3.05) is 12.0 Å². The number of halogens is 1. The van der Waals surface area contributed by atoms with Crippen LogP contribution in [0.5, 0.6) is 11.5 Å². The number of fused-ring (bicyclic) bond motifs is 4. The van der Waals surface area contributed by atoms with Crippen LogP contribution in [0.4, 0.5) is 5.69 Å². The van der Waals surface area contributed by atoms with E-state index < -0.39 is 52.8 Å². The summed E-state index contributed by atoms with van der Waals surface area (Å²) in [4.78, 5) is 71.8. The first-order valence-electron chi connectivity index (χ1n) is 17.0. The molecule has 0 aromatic heterocycles. The molecule has 4 aliphatic rings. The summed E-state index contributed by atoms with van der Waals surface area (Å²) in [5, 5.41) is 20.5. The van der Waals surface area contributed by atoms with Gasteiger partial charge in [0.2, 0.25) is 11.8 Å². The van der Waals surface area contributed by atoms with E-state index in [1.807, 2.05) is 42.5 Å². The number of allylic oxidation sites excluding steroid dienone is 4. The lowest BCUT2D eigenvalue weighted by Crippen LogP contribution is -2.58. The van der Waals surface area contributed by atoms with Crippen LogP contribution < -0.4 is 9.64 Å². The van der Waals surface area contributed by atoms with Gasteiger partial charge in [-0.2, -0.15) is 0 Å². The number of imide groups is 1. The Morgan fingerprint density at radius 2 is 1.60 bits per heavy atom. The van der Waals surface area contributed by atoms with Gasteiger partial charge in [-0.25, -0.2) is 4.79 Å². The molecule has 260 valence electrons. The highest BCUT2D eigenvalue weighted by atomic mass is 79.9. The molecule has 4 aromatic rings. The molecule has 2 fully saturated rings.